The van der Waals surface area contributed by atoms with Crippen molar-refractivity contribution in [1.82, 2.24) is 14.5 Å². The van der Waals surface area contributed by atoms with Crippen LogP contribution in [0.4, 0.5) is 4.79 Å². The average molecular weight is 1030 g/mol. The highest BCUT2D eigenvalue weighted by molar-refractivity contribution is 5.96. The molecule has 3 aliphatic heterocycles. The Balaban J connectivity index is 1.47. The number of carbonyl (C=O) groups is 5. The maximum atomic E-state index is 15.1. The van der Waals surface area contributed by atoms with Gasteiger partial charge in [-0.15, -0.1) is 0 Å². The van der Waals surface area contributed by atoms with Gasteiger partial charge in [0.2, 0.25) is 0 Å². The summed E-state index contributed by atoms with van der Waals surface area (Å²) in [5.41, 5.74) is -3.23. The summed E-state index contributed by atoms with van der Waals surface area (Å²) >= 11 is 0. The Morgan fingerprint density at radius 2 is 1.39 bits per heavy atom. The van der Waals surface area contributed by atoms with Gasteiger partial charge < -0.3 is 52.3 Å². The van der Waals surface area contributed by atoms with Crippen LogP contribution in [-0.4, -0.2) is 151 Å². The molecule has 18 nitrogen and oxygen atoms in total. The van der Waals surface area contributed by atoms with Crippen molar-refractivity contribution >= 4 is 29.8 Å². The minimum absolute atomic E-state index is 0.0410. The van der Waals surface area contributed by atoms with Crippen molar-refractivity contribution in [3.8, 4) is 0 Å². The van der Waals surface area contributed by atoms with Crippen molar-refractivity contribution in [2.75, 3.05) is 28.3 Å². The van der Waals surface area contributed by atoms with Crippen LogP contribution in [0.15, 0.2) is 91.0 Å². The van der Waals surface area contributed by atoms with Gasteiger partial charge >= 0.3 is 24.0 Å². The molecule has 18 heteroatoms. The van der Waals surface area contributed by atoms with Crippen LogP contribution in [0.3, 0.4) is 0 Å². The maximum Gasteiger partial charge on any atom is 0.420 e. The number of hydrogen-bond donors (Lipinski definition) is 0. The van der Waals surface area contributed by atoms with Crippen molar-refractivity contribution in [1.29, 1.82) is 0 Å². The molecular formula is C56H77N3O15. The zero-order valence-electron chi connectivity index (χ0n) is 45.4. The van der Waals surface area contributed by atoms with Crippen LogP contribution in [0.1, 0.15) is 116 Å². The predicted molar refractivity (Wildman–Crippen MR) is 271 cm³/mol. The standard InChI is InChI=1S/C56H77N3O15/c1-15-42-54(8,74-53(64)59-27-26-57-32-59)29-33(2)44(60)34(3)30-55(9,65-13)47(73-52-46(41(58(11)12)28-35(4)67-52)71-50(62)39-22-18-16-19-23-39)36(5)45(37(6)49(61)69-42)70-43-31-56(10,66-14)48(38(7)68-43)72-51(63)40-24-20-17-21-25-40/h16-27,29,32,34-38,41-43,45-48,52H,15,28,30-31H2,1-14H3/b33-29+/t34-,35-,36+,37-,38+,41+,42-,43+,45+,46-,47-,48+,52+,54+,55-,56-/m1/s1. The van der Waals surface area contributed by atoms with Gasteiger partial charge in [-0.3, -0.25) is 9.59 Å². The summed E-state index contributed by atoms with van der Waals surface area (Å²) < 4.78 is 66.4. The number of hydrogen-bond acceptors (Lipinski definition) is 17. The van der Waals surface area contributed by atoms with E-state index in [1.807, 2.05) is 45.8 Å². The molecule has 0 radical (unpaired) electrons. The minimum Gasteiger partial charge on any atom is -0.457 e. The van der Waals surface area contributed by atoms with Gasteiger partial charge in [-0.05, 0) is 118 Å². The molecule has 3 aromatic rings. The zero-order valence-corrected chi connectivity index (χ0v) is 45.4. The maximum absolute atomic E-state index is 15.1. The largest absolute Gasteiger partial charge is 0.457 e. The second kappa shape index (κ2) is 24.6. The van der Waals surface area contributed by atoms with Crippen LogP contribution < -0.4 is 0 Å². The first-order valence-corrected chi connectivity index (χ1v) is 25.5. The van der Waals surface area contributed by atoms with E-state index in [0.29, 0.717) is 17.5 Å². The number of cyclic esters (lactones) is 1. The highest BCUT2D eigenvalue weighted by Gasteiger charge is 2.54. The van der Waals surface area contributed by atoms with Crippen LogP contribution >= 0.6 is 0 Å². The van der Waals surface area contributed by atoms with Crippen molar-refractivity contribution in [3.63, 3.8) is 0 Å². The number of ether oxygens (including phenoxy) is 10. The fraction of sp³-hybridized carbons (Fsp3) is 0.607. The van der Waals surface area contributed by atoms with Gasteiger partial charge in [-0.25, -0.2) is 23.9 Å². The first-order chi connectivity index (χ1) is 35.0. The fourth-order valence-electron chi connectivity index (χ4n) is 10.8. The lowest BCUT2D eigenvalue weighted by Crippen LogP contribution is -2.61. The Morgan fingerprint density at radius 3 is 1.95 bits per heavy atom. The molecule has 2 fully saturated rings. The molecule has 406 valence electrons. The third-order valence-corrected chi connectivity index (χ3v) is 15.0. The Hall–Kier alpha value is -5.34. The molecule has 0 saturated carbocycles. The number of imidazole rings is 1. The smallest absolute Gasteiger partial charge is 0.420 e. The minimum atomic E-state index is -1.66. The number of carbonyl (C=O) groups excluding carboxylic acids is 5. The number of ketones is 1. The lowest BCUT2D eigenvalue weighted by atomic mass is 9.76. The van der Waals surface area contributed by atoms with Crippen LogP contribution in [0.5, 0.6) is 0 Å². The molecule has 3 aliphatic rings. The molecule has 74 heavy (non-hydrogen) atoms. The van der Waals surface area contributed by atoms with Gasteiger partial charge in [-0.1, -0.05) is 57.2 Å². The molecule has 0 bridgehead atoms. The summed E-state index contributed by atoms with van der Waals surface area (Å²) in [4.78, 5) is 76.8. The Labute approximate surface area is 435 Å². The Kier molecular flexibility index (Phi) is 19.2. The summed E-state index contributed by atoms with van der Waals surface area (Å²) in [6, 6.07) is 16.9. The number of nitrogens with zero attached hydrogens (tertiary/aromatic N) is 3. The number of likely N-dealkylation sites (N-methyl/N-ethyl adjacent to an activating group) is 1. The van der Waals surface area contributed by atoms with Crippen molar-refractivity contribution in [2.24, 2.45) is 17.8 Å². The first-order valence-electron chi connectivity index (χ1n) is 25.5. The zero-order chi connectivity index (χ0) is 54.3. The van der Waals surface area contributed by atoms with Gasteiger partial charge in [0.15, 0.2) is 36.2 Å². The molecule has 0 N–H and O–H groups in total. The molecular weight excluding hydrogens is 955 g/mol. The molecule has 6 rings (SSSR count). The van der Waals surface area contributed by atoms with Crippen LogP contribution in [0.2, 0.25) is 0 Å². The summed E-state index contributed by atoms with van der Waals surface area (Å²) in [5.74, 6) is -4.85. The number of aromatic nitrogens is 2. The fourth-order valence-corrected chi connectivity index (χ4v) is 10.8. The van der Waals surface area contributed by atoms with Gasteiger partial charge in [0.1, 0.15) is 18.0 Å². The number of benzene rings is 2. The Bertz CT molecular complexity index is 2400. The predicted octanol–water partition coefficient (Wildman–Crippen LogP) is 8.01. The van der Waals surface area contributed by atoms with Crippen LogP contribution in [-0.2, 0) is 57.0 Å². The lowest BCUT2D eigenvalue weighted by molar-refractivity contribution is -0.318. The van der Waals surface area contributed by atoms with E-state index in [4.69, 9.17) is 47.4 Å². The van der Waals surface area contributed by atoms with Crippen molar-refractivity contribution < 1.29 is 71.3 Å². The molecule has 4 heterocycles. The van der Waals surface area contributed by atoms with Crippen molar-refractivity contribution in [2.45, 2.75) is 173 Å². The second-order valence-corrected chi connectivity index (χ2v) is 21.0. The molecule has 1 aromatic heterocycles. The molecule has 0 aliphatic carbocycles. The third-order valence-electron chi connectivity index (χ3n) is 15.0. The first kappa shape index (κ1) is 57.9. The van der Waals surface area contributed by atoms with Gasteiger partial charge in [0.05, 0.1) is 53.1 Å². The lowest BCUT2D eigenvalue weighted by Gasteiger charge is -2.50. The van der Waals surface area contributed by atoms with E-state index in [-0.39, 0.29) is 42.8 Å². The quantitative estimate of drug-likeness (QED) is 0.118. The van der Waals surface area contributed by atoms with E-state index in [0.717, 1.165) is 4.57 Å². The molecule has 2 aromatic carbocycles. The topological polar surface area (TPSA) is 199 Å². The molecule has 0 unspecified atom stereocenters. The van der Waals surface area contributed by atoms with E-state index in [1.54, 1.807) is 103 Å². The monoisotopic (exact) mass is 1030 g/mol. The van der Waals surface area contributed by atoms with Gasteiger partial charge in [-0.2, -0.15) is 0 Å². The normalized spacial score (nSPS) is 36.1. The number of methoxy groups -OCH3 is 2. The Morgan fingerprint density at radius 1 is 0.797 bits per heavy atom. The highest BCUT2D eigenvalue weighted by atomic mass is 16.7. The second-order valence-electron chi connectivity index (χ2n) is 21.0. The van der Waals surface area contributed by atoms with E-state index < -0.39 is 108 Å². The van der Waals surface area contributed by atoms with E-state index in [2.05, 4.69) is 4.98 Å². The SMILES string of the molecule is CC[C@H]1OC(=O)[C@H](C)[C@@H](O[C@H]2C[C@@](C)(OC)[C@@H](OC(=O)c3ccccc3)[C@H](C)O2)[C@H](C)[C@@H](O[C@@H]2O[C@H](C)C[C@H](N(C)C)[C@H]2OC(=O)c2ccccc2)[C@](C)(OC)C[C@@H](C)C(=O)/C(C)=C/[C@]1(C)OC(=O)n1ccnc1. The molecule has 0 spiro atoms. The van der Waals surface area contributed by atoms with E-state index >= 15 is 4.79 Å². The summed E-state index contributed by atoms with van der Waals surface area (Å²) in [5, 5.41) is 0. The number of rotatable bonds is 13. The molecule has 16 atom stereocenters. The van der Waals surface area contributed by atoms with Gasteiger partial charge in [0.25, 0.3) is 0 Å². The third kappa shape index (κ3) is 13.2. The molecule has 0 amide bonds. The van der Waals surface area contributed by atoms with E-state index in [9.17, 15) is 19.2 Å². The summed E-state index contributed by atoms with van der Waals surface area (Å²) in [6.45, 7) is 17.6. The highest BCUT2D eigenvalue weighted by Crippen LogP contribution is 2.42. The van der Waals surface area contributed by atoms with Gasteiger partial charge in [0, 0.05) is 44.9 Å². The average Bonchev–Trinajstić information content (AvgIpc) is 3.93. The van der Waals surface area contributed by atoms with E-state index in [1.165, 1.54) is 39.0 Å². The number of esters is 3. The van der Waals surface area contributed by atoms with Crippen LogP contribution in [0.25, 0.3) is 0 Å². The van der Waals surface area contributed by atoms with Crippen molar-refractivity contribution in [3.05, 3.63) is 102 Å². The molecule has 2 saturated heterocycles. The summed E-state index contributed by atoms with van der Waals surface area (Å²) in [7, 11) is 6.83. The van der Waals surface area contributed by atoms with Crippen LogP contribution in [0, 0.1) is 17.8 Å². The summed E-state index contributed by atoms with van der Waals surface area (Å²) in [6.07, 6.45) is -2.97. The number of allylic oxidation sites excluding steroid dienone is 1. The number of Topliss-reactive ketones (excluding diaryl/α,β-unsaturated/α-hetero) is 1.